The predicted octanol–water partition coefficient (Wildman–Crippen LogP) is 5.36. The van der Waals surface area contributed by atoms with Gasteiger partial charge in [0.05, 0.1) is 0 Å². The molecule has 1 aromatic carbocycles. The van der Waals surface area contributed by atoms with Crippen molar-refractivity contribution in [1.29, 1.82) is 0 Å². The average Bonchev–Trinajstić information content (AvgIpc) is 2.81. The second-order valence-electron chi connectivity index (χ2n) is 6.14. The minimum absolute atomic E-state index is 0.493. The van der Waals surface area contributed by atoms with Crippen LogP contribution in [-0.2, 0) is 0 Å². The molecule has 2 aromatic rings. The van der Waals surface area contributed by atoms with Gasteiger partial charge in [-0.15, -0.1) is 11.3 Å². The summed E-state index contributed by atoms with van der Waals surface area (Å²) in [6, 6.07) is 7.03. The summed E-state index contributed by atoms with van der Waals surface area (Å²) in [5.74, 6) is 0.768. The maximum Gasteiger partial charge on any atom is 0.0488 e. The zero-order chi connectivity index (χ0) is 13.6. The molecule has 19 heavy (non-hydrogen) atoms. The number of halogens is 1. The minimum Gasteiger partial charge on any atom is -0.310 e. The van der Waals surface area contributed by atoms with Crippen molar-refractivity contribution in [3.63, 3.8) is 0 Å². The zero-order valence-corrected chi connectivity index (χ0v) is 14.1. The molecule has 1 aromatic heterocycles. The van der Waals surface area contributed by atoms with Crippen LogP contribution in [0.15, 0.2) is 28.1 Å². The topological polar surface area (TPSA) is 12.0 Å². The van der Waals surface area contributed by atoms with Crippen LogP contribution in [0.4, 0.5) is 0 Å². The van der Waals surface area contributed by atoms with Gasteiger partial charge in [-0.05, 0) is 62.6 Å². The van der Waals surface area contributed by atoms with Crippen LogP contribution in [0, 0.1) is 11.3 Å². The number of benzene rings is 1. The number of thiophene rings is 1. The highest BCUT2D eigenvalue weighted by molar-refractivity contribution is 9.10. The highest BCUT2D eigenvalue weighted by atomic mass is 79.9. The van der Waals surface area contributed by atoms with E-state index in [0.717, 1.165) is 12.5 Å². The van der Waals surface area contributed by atoms with Crippen LogP contribution in [0.3, 0.4) is 0 Å². The highest BCUT2D eigenvalue weighted by Gasteiger charge is 2.50. The first-order chi connectivity index (χ1) is 9.04. The Morgan fingerprint density at radius 2 is 2.21 bits per heavy atom. The van der Waals surface area contributed by atoms with Crippen LogP contribution in [0.2, 0.25) is 0 Å². The first-order valence-corrected chi connectivity index (χ1v) is 8.61. The SMILES string of the molecule is CCNC(c1csc2c(Br)cccc12)C1CC1(C)C. The third kappa shape index (κ3) is 2.37. The summed E-state index contributed by atoms with van der Waals surface area (Å²) in [6.07, 6.45) is 1.33. The number of fused-ring (bicyclic) bond motifs is 1. The molecule has 0 amide bonds. The van der Waals surface area contributed by atoms with E-state index in [1.807, 2.05) is 11.3 Å². The summed E-state index contributed by atoms with van der Waals surface area (Å²) in [4.78, 5) is 0. The Balaban J connectivity index is 2.03. The summed E-state index contributed by atoms with van der Waals surface area (Å²) in [5, 5.41) is 7.46. The largest absolute Gasteiger partial charge is 0.310 e. The molecule has 102 valence electrons. The number of rotatable bonds is 4. The number of hydrogen-bond acceptors (Lipinski definition) is 2. The van der Waals surface area contributed by atoms with Crippen molar-refractivity contribution in [2.24, 2.45) is 11.3 Å². The highest BCUT2D eigenvalue weighted by Crippen LogP contribution is 2.58. The molecule has 1 fully saturated rings. The monoisotopic (exact) mass is 337 g/mol. The maximum absolute atomic E-state index is 3.71. The van der Waals surface area contributed by atoms with E-state index >= 15 is 0 Å². The molecule has 3 rings (SSSR count). The normalized spacial score (nSPS) is 22.6. The molecule has 1 N–H and O–H groups in total. The Kier molecular flexibility index (Phi) is 3.48. The van der Waals surface area contributed by atoms with Gasteiger partial charge in [0.1, 0.15) is 0 Å². The maximum atomic E-state index is 3.71. The third-order valence-corrected chi connectivity index (χ3v) is 6.30. The second kappa shape index (κ2) is 4.87. The molecule has 1 saturated carbocycles. The van der Waals surface area contributed by atoms with Crippen LogP contribution in [0.25, 0.3) is 10.1 Å². The quantitative estimate of drug-likeness (QED) is 0.791. The van der Waals surface area contributed by atoms with Gasteiger partial charge in [-0.3, -0.25) is 0 Å². The predicted molar refractivity (Wildman–Crippen MR) is 87.8 cm³/mol. The first kappa shape index (κ1) is 13.6. The average molecular weight is 338 g/mol. The van der Waals surface area contributed by atoms with Gasteiger partial charge in [0.25, 0.3) is 0 Å². The molecule has 0 aliphatic heterocycles. The van der Waals surface area contributed by atoms with Gasteiger partial charge in [0, 0.05) is 15.2 Å². The van der Waals surface area contributed by atoms with E-state index in [4.69, 9.17) is 0 Å². The van der Waals surface area contributed by atoms with Gasteiger partial charge < -0.3 is 5.32 Å². The Morgan fingerprint density at radius 3 is 2.84 bits per heavy atom. The lowest BCUT2D eigenvalue weighted by Crippen LogP contribution is -2.24. The van der Waals surface area contributed by atoms with E-state index in [2.05, 4.69) is 65.6 Å². The van der Waals surface area contributed by atoms with E-state index in [9.17, 15) is 0 Å². The minimum atomic E-state index is 0.493. The fourth-order valence-electron chi connectivity index (χ4n) is 3.05. The molecule has 2 atom stereocenters. The van der Waals surface area contributed by atoms with Gasteiger partial charge in [0.15, 0.2) is 0 Å². The molecule has 1 heterocycles. The van der Waals surface area contributed by atoms with Crippen LogP contribution < -0.4 is 5.32 Å². The summed E-state index contributed by atoms with van der Waals surface area (Å²) in [7, 11) is 0. The Labute approximate surface area is 127 Å². The van der Waals surface area contributed by atoms with Gasteiger partial charge in [0.2, 0.25) is 0 Å². The molecular formula is C16H20BrNS. The van der Waals surface area contributed by atoms with Crippen molar-refractivity contribution in [2.45, 2.75) is 33.2 Å². The van der Waals surface area contributed by atoms with Crippen molar-refractivity contribution in [3.05, 3.63) is 33.6 Å². The van der Waals surface area contributed by atoms with E-state index < -0.39 is 0 Å². The number of hydrogen-bond donors (Lipinski definition) is 1. The molecule has 1 nitrogen and oxygen atoms in total. The van der Waals surface area contributed by atoms with Gasteiger partial charge >= 0.3 is 0 Å². The standard InChI is InChI=1S/C16H20BrNS/c1-4-18-14(12-8-16(12,2)3)11-9-19-15-10(11)6-5-7-13(15)17/h5-7,9,12,14,18H,4,8H2,1-3H3. The molecule has 0 spiro atoms. The second-order valence-corrected chi connectivity index (χ2v) is 7.88. The molecule has 1 aliphatic rings. The van der Waals surface area contributed by atoms with Crippen LogP contribution in [0.5, 0.6) is 0 Å². The van der Waals surface area contributed by atoms with Crippen molar-refractivity contribution < 1.29 is 0 Å². The van der Waals surface area contributed by atoms with Crippen LogP contribution >= 0.6 is 27.3 Å². The molecular weight excluding hydrogens is 318 g/mol. The van der Waals surface area contributed by atoms with E-state index in [0.29, 0.717) is 11.5 Å². The Morgan fingerprint density at radius 1 is 1.47 bits per heavy atom. The Bertz CT molecular complexity index is 602. The molecule has 2 unspecified atom stereocenters. The van der Waals surface area contributed by atoms with Crippen LogP contribution in [0.1, 0.15) is 38.8 Å². The number of nitrogens with one attached hydrogen (secondary N) is 1. The fraction of sp³-hybridized carbons (Fsp3) is 0.500. The van der Waals surface area contributed by atoms with Gasteiger partial charge in [-0.2, -0.15) is 0 Å². The fourth-order valence-corrected chi connectivity index (χ4v) is 4.71. The summed E-state index contributed by atoms with van der Waals surface area (Å²) < 4.78 is 2.59. The van der Waals surface area contributed by atoms with Crippen molar-refractivity contribution in [3.8, 4) is 0 Å². The smallest absolute Gasteiger partial charge is 0.0488 e. The van der Waals surface area contributed by atoms with Gasteiger partial charge in [-0.1, -0.05) is 32.9 Å². The Hall–Kier alpha value is -0.380. The zero-order valence-electron chi connectivity index (χ0n) is 11.7. The van der Waals surface area contributed by atoms with Crippen molar-refractivity contribution in [2.75, 3.05) is 6.54 Å². The van der Waals surface area contributed by atoms with E-state index in [1.165, 1.54) is 26.5 Å². The van der Waals surface area contributed by atoms with Crippen molar-refractivity contribution in [1.82, 2.24) is 5.32 Å². The molecule has 0 saturated heterocycles. The lowest BCUT2D eigenvalue weighted by atomic mass is 9.96. The lowest BCUT2D eigenvalue weighted by Gasteiger charge is -2.19. The van der Waals surface area contributed by atoms with E-state index in [-0.39, 0.29) is 0 Å². The summed E-state index contributed by atoms with van der Waals surface area (Å²) in [6.45, 7) is 7.99. The van der Waals surface area contributed by atoms with E-state index in [1.54, 1.807) is 0 Å². The summed E-state index contributed by atoms with van der Waals surface area (Å²) in [5.41, 5.74) is 1.98. The van der Waals surface area contributed by atoms with Crippen molar-refractivity contribution >= 4 is 37.4 Å². The third-order valence-electron chi connectivity index (χ3n) is 4.33. The van der Waals surface area contributed by atoms with Crippen LogP contribution in [-0.4, -0.2) is 6.54 Å². The summed E-state index contributed by atoms with van der Waals surface area (Å²) >= 11 is 5.52. The molecule has 0 bridgehead atoms. The first-order valence-electron chi connectivity index (χ1n) is 6.93. The lowest BCUT2D eigenvalue weighted by molar-refractivity contribution is 0.426. The van der Waals surface area contributed by atoms with Gasteiger partial charge in [-0.25, -0.2) is 0 Å². The molecule has 1 aliphatic carbocycles. The molecule has 0 radical (unpaired) electrons. The molecule has 3 heteroatoms.